The van der Waals surface area contributed by atoms with Crippen LogP contribution in [-0.2, 0) is 27.2 Å². The first-order valence-corrected chi connectivity index (χ1v) is 16.7. The molecule has 1 N–H and O–H groups in total. The summed E-state index contributed by atoms with van der Waals surface area (Å²) in [6.45, 7) is 5.85. The molecule has 0 unspecified atom stereocenters. The Hall–Kier alpha value is -5.34. The van der Waals surface area contributed by atoms with E-state index >= 15 is 0 Å². The van der Waals surface area contributed by atoms with Crippen LogP contribution in [0.15, 0.2) is 103 Å². The monoisotopic (exact) mass is 910 g/mol. The number of hydrogen-bond acceptors (Lipinski definition) is 6. The van der Waals surface area contributed by atoms with Crippen LogP contribution in [0.2, 0.25) is 0 Å². The van der Waals surface area contributed by atoms with Gasteiger partial charge in [0.1, 0.15) is 5.82 Å². The molecular weight excluding hydrogens is 867 g/mol. The van der Waals surface area contributed by atoms with E-state index in [1.54, 1.807) is 66.7 Å². The van der Waals surface area contributed by atoms with Crippen LogP contribution in [0.3, 0.4) is 0 Å². The quantitative estimate of drug-likeness (QED) is 0.167. The molecule has 7 aromatic rings. The van der Waals surface area contributed by atoms with Crippen molar-refractivity contribution in [2.75, 3.05) is 34.0 Å². The first kappa shape index (κ1) is 31.1. The van der Waals surface area contributed by atoms with E-state index in [-0.39, 0.29) is 21.1 Å². The summed E-state index contributed by atoms with van der Waals surface area (Å²) in [6, 6.07) is 29.0. The number of alkyl halides is 3. The van der Waals surface area contributed by atoms with Crippen molar-refractivity contribution in [2.24, 2.45) is 0 Å². The largest absolute Gasteiger partial charge is 4.00 e. The molecule has 0 fully saturated rings. The summed E-state index contributed by atoms with van der Waals surface area (Å²) in [7, 11) is 0. The molecule has 0 atom stereocenters. The smallest absolute Gasteiger partial charge is 0.657 e. The molecule has 8 rings (SSSR count). The van der Waals surface area contributed by atoms with Crippen LogP contribution in [0.4, 0.5) is 41.7 Å². The van der Waals surface area contributed by atoms with Gasteiger partial charge in [0.15, 0.2) is 0 Å². The number of nitrogens with zero attached hydrogens (tertiary/aromatic N) is 6. The number of anilines is 5. The molecule has 1 aliphatic heterocycles. The predicted molar refractivity (Wildman–Crippen MR) is 209 cm³/mol. The average Bonchev–Trinajstić information content (AvgIpc) is 3.74. The second-order valence-corrected chi connectivity index (χ2v) is 12.8. The molecule has 0 saturated heterocycles. The van der Waals surface area contributed by atoms with E-state index in [9.17, 15) is 13.2 Å². The zero-order chi connectivity index (χ0) is 42.4. The second-order valence-electron chi connectivity index (χ2n) is 12.8. The van der Waals surface area contributed by atoms with Gasteiger partial charge in [-0.05, 0) is 99.4 Å². The Morgan fingerprint density at radius 3 is 2.35 bits per heavy atom. The number of benzene rings is 4. The van der Waals surface area contributed by atoms with Gasteiger partial charge in [-0.1, -0.05) is 54.1 Å². The maximum atomic E-state index is 12.6. The average molecular weight is 911 g/mol. The normalized spacial score (nSPS) is 14.4. The number of aromatic nitrogens is 3. The number of hydrogen-bond donors (Lipinski definition) is 1. The van der Waals surface area contributed by atoms with Crippen molar-refractivity contribution in [1.29, 1.82) is 0 Å². The third-order valence-corrected chi connectivity index (χ3v) is 8.91. The zero-order valence-corrected chi connectivity index (χ0v) is 31.9. The summed E-state index contributed by atoms with van der Waals surface area (Å²) in [4.78, 5) is 17.0. The van der Waals surface area contributed by atoms with E-state index in [2.05, 4.69) is 38.5 Å². The van der Waals surface area contributed by atoms with Crippen LogP contribution in [-0.4, -0.2) is 23.9 Å². The summed E-state index contributed by atoms with van der Waals surface area (Å²) in [5, 5.41) is 4.45. The summed E-state index contributed by atoms with van der Waals surface area (Å²) in [6.07, 6.45) is -1.09. The molecule has 7 nitrogen and oxygen atoms in total. The third kappa shape index (κ3) is 7.80. The van der Waals surface area contributed by atoms with E-state index < -0.39 is 25.7 Å². The van der Waals surface area contributed by atoms with Crippen molar-refractivity contribution in [2.45, 2.75) is 33.9 Å². The van der Waals surface area contributed by atoms with Crippen LogP contribution in [0.25, 0.3) is 32.9 Å². The van der Waals surface area contributed by atoms with Gasteiger partial charge in [-0.15, -0.1) is 46.2 Å². The van der Waals surface area contributed by atoms with Gasteiger partial charge in [0, 0.05) is 32.0 Å². The van der Waals surface area contributed by atoms with Crippen molar-refractivity contribution < 1.29 is 42.5 Å². The fourth-order valence-electron chi connectivity index (χ4n) is 6.60. The summed E-state index contributed by atoms with van der Waals surface area (Å²) in [5.74, 6) is 0.449. The van der Waals surface area contributed by atoms with E-state index in [1.807, 2.05) is 39.0 Å². The van der Waals surface area contributed by atoms with Gasteiger partial charge in [0.05, 0.1) is 11.3 Å². The number of pyridine rings is 2. The Bertz CT molecular complexity index is 2640. The van der Waals surface area contributed by atoms with E-state index in [1.165, 1.54) is 24.3 Å². The fraction of sp³-hybridized carbons (Fsp3) is 0.163. The number of fused-ring (bicyclic) bond motifs is 4. The van der Waals surface area contributed by atoms with Crippen LogP contribution in [0.1, 0.15) is 36.2 Å². The second kappa shape index (κ2) is 15.6. The molecule has 4 heterocycles. The minimum Gasteiger partial charge on any atom is -0.657 e. The van der Waals surface area contributed by atoms with Gasteiger partial charge in [-0.3, -0.25) is 4.98 Å². The van der Waals surface area contributed by atoms with Crippen LogP contribution in [0, 0.1) is 47.1 Å². The van der Waals surface area contributed by atoms with Crippen LogP contribution >= 0.6 is 0 Å². The Labute approximate surface area is 336 Å². The molecule has 0 aliphatic carbocycles. The number of aryl methyl sites for hydroxylation is 4. The molecule has 11 heteroatoms. The van der Waals surface area contributed by atoms with Gasteiger partial charge in [0.25, 0.3) is 0 Å². The van der Waals surface area contributed by atoms with Crippen molar-refractivity contribution in [3.63, 3.8) is 0 Å². The molecule has 0 saturated carbocycles. The molecule has 0 amide bonds. The number of para-hydroxylation sites is 1. The number of rotatable bonds is 6. The number of nitrogens with one attached hydrogen (secondary N) is 1. The maximum Gasteiger partial charge on any atom is 4.00 e. The molecular formula is C43H38F3N7Pt. The van der Waals surface area contributed by atoms with Gasteiger partial charge in [-0.2, -0.15) is 26.5 Å². The van der Waals surface area contributed by atoms with E-state index in [0.29, 0.717) is 45.2 Å². The predicted octanol–water partition coefficient (Wildman–Crippen LogP) is 10.5. The Morgan fingerprint density at radius 2 is 1.61 bits per heavy atom. The Morgan fingerprint density at radius 1 is 0.870 bits per heavy atom. The van der Waals surface area contributed by atoms with E-state index in [4.69, 9.17) is 8.22 Å². The first-order chi connectivity index (χ1) is 27.8. The van der Waals surface area contributed by atoms with Gasteiger partial charge < -0.3 is 25.0 Å². The van der Waals surface area contributed by atoms with Crippen LogP contribution in [0.5, 0.6) is 0 Å². The van der Waals surface area contributed by atoms with Crippen molar-refractivity contribution in [3.05, 3.63) is 151 Å². The third-order valence-electron chi connectivity index (χ3n) is 8.91. The van der Waals surface area contributed by atoms with Crippen LogP contribution < -0.4 is 25.0 Å². The summed E-state index contributed by atoms with van der Waals surface area (Å²) >= 11 is 0. The molecule has 0 spiro atoms. The Balaban J connectivity index is 0.000000278. The molecule has 3 aromatic heterocycles. The van der Waals surface area contributed by atoms with Crippen molar-refractivity contribution >= 4 is 50.4 Å². The topological polar surface area (TPSA) is 61.6 Å². The minimum absolute atomic E-state index is 0. The summed E-state index contributed by atoms with van der Waals surface area (Å²) < 4.78 is 86.4. The molecule has 0 bridgehead atoms. The molecule has 1 aliphatic rings. The molecule has 4 aromatic carbocycles. The van der Waals surface area contributed by atoms with Gasteiger partial charge in [-0.25, -0.2) is 4.98 Å². The SMILES string of the molecule is FC(F)(F)c1ccc2[n-]c3ccccc3c2c1.[2H]C([2H])([2H])N([CH-]Nc1[c-]c(N2[CH-]N(C([2H])([2H])[2H])c3cccnc32)cc(-c2c(C)cc(C)cc2C)c1)c1cccnc1C.[Pt+4]. The molecule has 276 valence electrons. The fourth-order valence-corrected chi connectivity index (χ4v) is 6.60. The summed E-state index contributed by atoms with van der Waals surface area (Å²) in [5.41, 5.74) is 8.30. The minimum atomic E-state index is -4.31. The van der Waals surface area contributed by atoms with Crippen molar-refractivity contribution in [3.8, 4) is 11.1 Å². The molecule has 54 heavy (non-hydrogen) atoms. The van der Waals surface area contributed by atoms with Crippen molar-refractivity contribution in [1.82, 2.24) is 15.0 Å². The maximum absolute atomic E-state index is 12.6. The number of halogens is 3. The Kier molecular flexibility index (Phi) is 8.95. The zero-order valence-electron chi connectivity index (χ0n) is 35.6. The van der Waals surface area contributed by atoms with E-state index in [0.717, 1.165) is 55.8 Å². The first-order valence-electron chi connectivity index (χ1n) is 19.7. The van der Waals surface area contributed by atoms with Gasteiger partial charge in [0.2, 0.25) is 0 Å². The molecule has 0 radical (unpaired) electrons. The standard InChI is InChI=1S/C30H31N6.C13H7F3N.Pt/c1-20-13-21(2)29(22(3)14-20)24-15-25(33-18-34(5)27-9-7-11-31-23(27)4)17-26(16-24)36-19-35(6)28-10-8-12-32-30(28)36;14-13(15,16)8-5-6-12-10(7-8)9-3-1-2-4-11(9)17-12;/h7-16,18-19,33H,1-6H3;1-7H;/q-3;-1;+4/i5D3,6D3;;. The van der Waals surface area contributed by atoms with Gasteiger partial charge >= 0.3 is 27.2 Å².